The summed E-state index contributed by atoms with van der Waals surface area (Å²) in [5, 5.41) is 18.5. The Morgan fingerprint density at radius 1 is 1.07 bits per heavy atom. The summed E-state index contributed by atoms with van der Waals surface area (Å²) in [4.78, 5) is 0. The fraction of sp³-hybridized carbons (Fsp3) is 0.100. The lowest BCUT2D eigenvalue weighted by Crippen LogP contribution is -1.97. The van der Waals surface area contributed by atoms with Gasteiger partial charge in [0.25, 0.3) is 0 Å². The molecule has 0 unspecified atom stereocenters. The van der Waals surface area contributed by atoms with Crippen LogP contribution in [-0.4, -0.2) is 31.3 Å². The predicted octanol–water partition coefficient (Wildman–Crippen LogP) is 4.10. The Morgan fingerprint density at radius 2 is 1.93 bits per heavy atom. The average Bonchev–Trinajstić information content (AvgIpc) is 3.31. The first kappa shape index (κ1) is 17.9. The lowest BCUT2D eigenvalue weighted by atomic mass is 10.2. The van der Waals surface area contributed by atoms with Crippen molar-refractivity contribution in [2.24, 2.45) is 5.10 Å². The molecule has 0 aliphatic heterocycles. The number of hydrogen-bond acceptors (Lipinski definition) is 5. The second-order valence-corrected chi connectivity index (χ2v) is 6.58. The SMILES string of the molecule is Cc1cc(-c2n[nH]c(=S)n2/N=C/c2cccc(OCc3ccccc3)c2)n[nH]1. The fourth-order valence-electron chi connectivity index (χ4n) is 2.65. The van der Waals surface area contributed by atoms with Crippen molar-refractivity contribution >= 4 is 18.4 Å². The first-order valence-corrected chi connectivity index (χ1v) is 9.11. The Hall–Kier alpha value is -3.52. The molecule has 0 aliphatic rings. The van der Waals surface area contributed by atoms with Gasteiger partial charge in [-0.1, -0.05) is 42.5 Å². The van der Waals surface area contributed by atoms with E-state index in [2.05, 4.69) is 25.5 Å². The summed E-state index contributed by atoms with van der Waals surface area (Å²) in [7, 11) is 0. The summed E-state index contributed by atoms with van der Waals surface area (Å²) in [5.41, 5.74) is 3.60. The van der Waals surface area contributed by atoms with Crippen molar-refractivity contribution in [3.8, 4) is 17.3 Å². The molecule has 4 aromatic rings. The van der Waals surface area contributed by atoms with Gasteiger partial charge in [0.1, 0.15) is 18.1 Å². The Bertz CT molecular complexity index is 1160. The van der Waals surface area contributed by atoms with Crippen LogP contribution in [0.4, 0.5) is 0 Å². The van der Waals surface area contributed by atoms with Gasteiger partial charge in [0.15, 0.2) is 0 Å². The molecular formula is C20H18N6OS. The maximum Gasteiger partial charge on any atom is 0.216 e. The molecule has 0 atom stereocenters. The van der Waals surface area contributed by atoms with Gasteiger partial charge in [-0.2, -0.15) is 20.0 Å². The molecular weight excluding hydrogens is 372 g/mol. The van der Waals surface area contributed by atoms with Crippen molar-refractivity contribution < 1.29 is 4.74 Å². The van der Waals surface area contributed by atoms with Crippen molar-refractivity contribution in [1.82, 2.24) is 25.1 Å². The molecule has 28 heavy (non-hydrogen) atoms. The Labute approximate surface area is 166 Å². The molecule has 0 fully saturated rings. The van der Waals surface area contributed by atoms with E-state index in [0.717, 1.165) is 22.6 Å². The third-order valence-corrected chi connectivity index (χ3v) is 4.28. The van der Waals surface area contributed by atoms with Crippen LogP contribution >= 0.6 is 12.2 Å². The summed E-state index contributed by atoms with van der Waals surface area (Å²) < 4.78 is 7.80. The van der Waals surface area contributed by atoms with E-state index in [1.165, 1.54) is 0 Å². The summed E-state index contributed by atoms with van der Waals surface area (Å²) >= 11 is 5.29. The van der Waals surface area contributed by atoms with E-state index in [1.807, 2.05) is 67.6 Å². The first-order chi connectivity index (χ1) is 13.7. The van der Waals surface area contributed by atoms with E-state index in [9.17, 15) is 0 Å². The molecule has 0 spiro atoms. The molecule has 0 radical (unpaired) electrons. The molecule has 0 aliphatic carbocycles. The van der Waals surface area contributed by atoms with E-state index in [-0.39, 0.29) is 0 Å². The molecule has 0 saturated heterocycles. The van der Waals surface area contributed by atoms with Crippen LogP contribution in [0.25, 0.3) is 11.5 Å². The first-order valence-electron chi connectivity index (χ1n) is 8.70. The average molecular weight is 390 g/mol. The van der Waals surface area contributed by atoms with Crippen molar-refractivity contribution in [2.75, 3.05) is 0 Å². The van der Waals surface area contributed by atoms with Gasteiger partial charge in [-0.05, 0) is 48.5 Å². The maximum absolute atomic E-state index is 5.87. The van der Waals surface area contributed by atoms with Crippen LogP contribution in [0.2, 0.25) is 0 Å². The number of nitrogens with one attached hydrogen (secondary N) is 2. The number of hydrogen-bond donors (Lipinski definition) is 2. The van der Waals surface area contributed by atoms with Crippen LogP contribution < -0.4 is 4.74 Å². The Kier molecular flexibility index (Phi) is 5.11. The lowest BCUT2D eigenvalue weighted by molar-refractivity contribution is 0.306. The zero-order valence-electron chi connectivity index (χ0n) is 15.2. The van der Waals surface area contributed by atoms with Crippen molar-refractivity contribution in [3.05, 3.63) is 82.3 Å². The van der Waals surface area contributed by atoms with E-state index >= 15 is 0 Å². The van der Waals surface area contributed by atoms with Crippen LogP contribution in [0.3, 0.4) is 0 Å². The van der Waals surface area contributed by atoms with Gasteiger partial charge in [0.2, 0.25) is 10.6 Å². The quantitative estimate of drug-likeness (QED) is 0.383. The molecule has 0 amide bonds. The smallest absolute Gasteiger partial charge is 0.216 e. The van der Waals surface area contributed by atoms with Crippen molar-refractivity contribution in [3.63, 3.8) is 0 Å². The molecule has 0 saturated carbocycles. The van der Waals surface area contributed by atoms with Gasteiger partial charge in [0.05, 0.1) is 6.21 Å². The number of ether oxygens (including phenoxy) is 1. The highest BCUT2D eigenvalue weighted by molar-refractivity contribution is 7.71. The molecule has 8 heteroatoms. The molecule has 140 valence electrons. The van der Waals surface area contributed by atoms with Gasteiger partial charge < -0.3 is 4.74 Å². The summed E-state index contributed by atoms with van der Waals surface area (Å²) in [5.74, 6) is 1.31. The van der Waals surface area contributed by atoms with Gasteiger partial charge in [-0.25, -0.2) is 5.10 Å². The van der Waals surface area contributed by atoms with E-state index in [1.54, 1.807) is 10.9 Å². The van der Waals surface area contributed by atoms with Crippen LogP contribution in [0, 0.1) is 11.7 Å². The second-order valence-electron chi connectivity index (χ2n) is 6.19. The second kappa shape index (κ2) is 8.01. The fourth-order valence-corrected chi connectivity index (χ4v) is 2.83. The Morgan fingerprint density at radius 3 is 2.71 bits per heavy atom. The highest BCUT2D eigenvalue weighted by atomic mass is 32.1. The maximum atomic E-state index is 5.87. The van der Waals surface area contributed by atoms with Gasteiger partial charge >= 0.3 is 0 Å². The third-order valence-electron chi connectivity index (χ3n) is 4.01. The molecule has 2 N–H and O–H groups in total. The van der Waals surface area contributed by atoms with Crippen LogP contribution in [0.5, 0.6) is 5.75 Å². The molecule has 4 rings (SSSR count). The lowest BCUT2D eigenvalue weighted by Gasteiger charge is -2.06. The number of aromatic nitrogens is 5. The van der Waals surface area contributed by atoms with Gasteiger partial charge in [-0.3, -0.25) is 5.10 Å². The predicted molar refractivity (Wildman–Crippen MR) is 110 cm³/mol. The molecule has 7 nitrogen and oxygen atoms in total. The minimum absolute atomic E-state index is 0.392. The number of H-pyrrole nitrogens is 2. The van der Waals surface area contributed by atoms with Crippen LogP contribution in [-0.2, 0) is 6.61 Å². The molecule has 2 aromatic heterocycles. The third kappa shape index (κ3) is 4.07. The highest BCUT2D eigenvalue weighted by Crippen LogP contribution is 2.17. The number of benzene rings is 2. The topological polar surface area (TPSA) is 83.9 Å². The number of aromatic amines is 2. The normalized spacial score (nSPS) is 11.2. The van der Waals surface area contributed by atoms with E-state index in [4.69, 9.17) is 17.0 Å². The van der Waals surface area contributed by atoms with E-state index in [0.29, 0.717) is 22.9 Å². The van der Waals surface area contributed by atoms with Gasteiger partial charge in [-0.15, -0.1) is 0 Å². The minimum Gasteiger partial charge on any atom is -0.489 e. The summed E-state index contributed by atoms with van der Waals surface area (Å²) in [6.07, 6.45) is 1.71. The molecule has 2 aromatic carbocycles. The minimum atomic E-state index is 0.392. The van der Waals surface area contributed by atoms with Crippen LogP contribution in [0.15, 0.2) is 65.8 Å². The zero-order chi connectivity index (χ0) is 19.3. The molecule has 2 heterocycles. The zero-order valence-corrected chi connectivity index (χ0v) is 16.0. The summed E-state index contributed by atoms with van der Waals surface area (Å²) in [6, 6.07) is 19.6. The standard InChI is InChI=1S/C20H18N6OS/c1-14-10-18(23-22-14)19-24-25-20(28)26(19)21-12-16-8-5-9-17(11-16)27-13-15-6-3-2-4-7-15/h2-12H,13H2,1H3,(H,22,23)(H,25,28)/b21-12+. The Balaban J connectivity index is 1.53. The number of aryl methyl sites for hydroxylation is 1. The van der Waals surface area contributed by atoms with Crippen LogP contribution in [0.1, 0.15) is 16.8 Å². The highest BCUT2D eigenvalue weighted by Gasteiger charge is 2.11. The number of rotatable bonds is 6. The monoisotopic (exact) mass is 390 g/mol. The van der Waals surface area contributed by atoms with Crippen molar-refractivity contribution in [1.29, 1.82) is 0 Å². The van der Waals surface area contributed by atoms with E-state index < -0.39 is 0 Å². The van der Waals surface area contributed by atoms with Gasteiger partial charge in [0, 0.05) is 5.69 Å². The number of nitrogens with zero attached hydrogens (tertiary/aromatic N) is 4. The summed E-state index contributed by atoms with van der Waals surface area (Å²) in [6.45, 7) is 2.43. The van der Waals surface area contributed by atoms with Crippen molar-refractivity contribution in [2.45, 2.75) is 13.5 Å². The molecule has 0 bridgehead atoms. The largest absolute Gasteiger partial charge is 0.489 e.